The number of aryl methyl sites for hydroxylation is 1. The molecule has 0 aliphatic carbocycles. The van der Waals surface area contributed by atoms with Crippen LogP contribution in [0.15, 0.2) is 18.2 Å². The molecular formula is C12H13Cl2NO3. The Bertz CT molecular complexity index is 463. The first-order chi connectivity index (χ1) is 8.40. The van der Waals surface area contributed by atoms with E-state index >= 15 is 0 Å². The predicted octanol–water partition coefficient (Wildman–Crippen LogP) is 2.47. The fraction of sp³-hybridized carbons (Fsp3) is 0.333. The third kappa shape index (κ3) is 4.55. The molecule has 0 bridgehead atoms. The van der Waals surface area contributed by atoms with E-state index in [1.54, 1.807) is 18.2 Å². The Morgan fingerprint density at radius 2 is 2.00 bits per heavy atom. The first-order valence-electron chi connectivity index (χ1n) is 5.30. The van der Waals surface area contributed by atoms with Gasteiger partial charge >= 0.3 is 5.97 Å². The van der Waals surface area contributed by atoms with Crippen molar-refractivity contribution in [2.24, 2.45) is 0 Å². The molecule has 0 saturated carbocycles. The molecule has 1 aromatic rings. The minimum Gasteiger partial charge on any atom is -0.480 e. The van der Waals surface area contributed by atoms with Gasteiger partial charge in [-0.25, -0.2) is 0 Å². The van der Waals surface area contributed by atoms with Gasteiger partial charge in [-0.15, -0.1) is 0 Å². The number of nitrogens with zero attached hydrogens (tertiary/aromatic N) is 1. The lowest BCUT2D eigenvalue weighted by atomic mass is 10.1. The average Bonchev–Trinajstić information content (AvgIpc) is 2.26. The molecule has 1 amide bonds. The summed E-state index contributed by atoms with van der Waals surface area (Å²) in [5.41, 5.74) is 0.818. The van der Waals surface area contributed by atoms with Gasteiger partial charge in [0.15, 0.2) is 0 Å². The Balaban J connectivity index is 2.54. The zero-order valence-corrected chi connectivity index (χ0v) is 11.3. The average molecular weight is 290 g/mol. The van der Waals surface area contributed by atoms with Crippen molar-refractivity contribution in [3.8, 4) is 0 Å². The fourth-order valence-electron chi connectivity index (χ4n) is 1.45. The van der Waals surface area contributed by atoms with Crippen molar-refractivity contribution < 1.29 is 14.7 Å². The van der Waals surface area contributed by atoms with Gasteiger partial charge in [0.25, 0.3) is 0 Å². The van der Waals surface area contributed by atoms with Crippen LogP contribution in [0.3, 0.4) is 0 Å². The Labute approximate surface area is 115 Å². The number of halogens is 2. The first-order valence-corrected chi connectivity index (χ1v) is 6.05. The number of aliphatic carboxylic acids is 1. The summed E-state index contributed by atoms with van der Waals surface area (Å²) in [6, 6.07) is 5.08. The zero-order valence-electron chi connectivity index (χ0n) is 9.82. The summed E-state index contributed by atoms with van der Waals surface area (Å²) in [5, 5.41) is 9.61. The lowest BCUT2D eigenvalue weighted by Crippen LogP contribution is -2.32. The number of rotatable bonds is 5. The standard InChI is InChI=1S/C12H13Cl2NO3/c1-15(7-12(17)18)11(16)5-3-8-2-4-9(13)6-10(8)14/h2,4,6H,3,5,7H2,1H3,(H,17,18). The van der Waals surface area contributed by atoms with Crippen molar-refractivity contribution in [3.05, 3.63) is 33.8 Å². The molecule has 0 aromatic heterocycles. The molecule has 0 atom stereocenters. The highest BCUT2D eigenvalue weighted by atomic mass is 35.5. The fourth-order valence-corrected chi connectivity index (χ4v) is 1.95. The molecule has 18 heavy (non-hydrogen) atoms. The van der Waals surface area contributed by atoms with E-state index in [-0.39, 0.29) is 18.9 Å². The second kappa shape index (κ2) is 6.61. The third-order valence-corrected chi connectivity index (χ3v) is 3.01. The van der Waals surface area contributed by atoms with Crippen molar-refractivity contribution in [2.45, 2.75) is 12.8 Å². The van der Waals surface area contributed by atoms with Gasteiger partial charge in [-0.05, 0) is 24.1 Å². The summed E-state index contributed by atoms with van der Waals surface area (Å²) in [6.45, 7) is -0.298. The van der Waals surface area contributed by atoms with Crippen LogP contribution in [0.25, 0.3) is 0 Å². The highest BCUT2D eigenvalue weighted by Gasteiger charge is 2.12. The van der Waals surface area contributed by atoms with Gasteiger partial charge in [0.2, 0.25) is 5.91 Å². The second-order valence-electron chi connectivity index (χ2n) is 3.88. The molecule has 1 rings (SSSR count). The van der Waals surface area contributed by atoms with E-state index in [4.69, 9.17) is 28.3 Å². The van der Waals surface area contributed by atoms with Gasteiger partial charge in [0, 0.05) is 23.5 Å². The molecule has 0 saturated heterocycles. The summed E-state index contributed by atoms with van der Waals surface area (Å²) in [5.74, 6) is -1.27. The van der Waals surface area contributed by atoms with Gasteiger partial charge in [0.1, 0.15) is 6.54 Å². The van der Waals surface area contributed by atoms with E-state index in [2.05, 4.69) is 0 Å². The molecule has 1 aromatic carbocycles. The molecule has 0 fully saturated rings. The van der Waals surface area contributed by atoms with Crippen LogP contribution in [0.4, 0.5) is 0 Å². The molecule has 0 radical (unpaired) electrons. The van der Waals surface area contributed by atoms with Gasteiger partial charge < -0.3 is 10.0 Å². The maximum atomic E-state index is 11.6. The van der Waals surface area contributed by atoms with E-state index in [1.807, 2.05) is 0 Å². The Morgan fingerprint density at radius 3 is 2.56 bits per heavy atom. The molecule has 0 aliphatic rings. The van der Waals surface area contributed by atoms with Crippen LogP contribution < -0.4 is 0 Å². The van der Waals surface area contributed by atoms with E-state index in [0.29, 0.717) is 16.5 Å². The Morgan fingerprint density at radius 1 is 1.33 bits per heavy atom. The maximum Gasteiger partial charge on any atom is 0.323 e. The number of amides is 1. The predicted molar refractivity (Wildman–Crippen MR) is 70.1 cm³/mol. The molecule has 0 spiro atoms. The molecule has 6 heteroatoms. The zero-order chi connectivity index (χ0) is 13.7. The Hall–Kier alpha value is -1.26. The number of hydrogen-bond acceptors (Lipinski definition) is 2. The third-order valence-electron chi connectivity index (χ3n) is 2.42. The van der Waals surface area contributed by atoms with E-state index in [9.17, 15) is 9.59 Å². The summed E-state index contributed by atoms with van der Waals surface area (Å²) in [4.78, 5) is 23.2. The van der Waals surface area contributed by atoms with Crippen molar-refractivity contribution in [1.82, 2.24) is 4.90 Å². The highest BCUT2D eigenvalue weighted by molar-refractivity contribution is 6.35. The lowest BCUT2D eigenvalue weighted by molar-refractivity contribution is -0.143. The van der Waals surface area contributed by atoms with Crippen LogP contribution in [-0.2, 0) is 16.0 Å². The number of likely N-dealkylation sites (N-methyl/N-ethyl adjacent to an activating group) is 1. The first kappa shape index (κ1) is 14.8. The van der Waals surface area contributed by atoms with Crippen molar-refractivity contribution >= 4 is 35.1 Å². The number of carboxylic acids is 1. The SMILES string of the molecule is CN(CC(=O)O)C(=O)CCc1ccc(Cl)cc1Cl. The summed E-state index contributed by atoms with van der Waals surface area (Å²) in [6.07, 6.45) is 0.671. The second-order valence-corrected chi connectivity index (χ2v) is 4.72. The molecular weight excluding hydrogens is 277 g/mol. The normalized spacial score (nSPS) is 10.2. The minimum atomic E-state index is -1.03. The van der Waals surface area contributed by atoms with Crippen LogP contribution in [-0.4, -0.2) is 35.5 Å². The molecule has 0 unspecified atom stereocenters. The van der Waals surface area contributed by atoms with Gasteiger partial charge in [-0.1, -0.05) is 29.3 Å². The summed E-state index contributed by atoms with van der Waals surface area (Å²) < 4.78 is 0. The van der Waals surface area contributed by atoms with Gasteiger partial charge in [-0.2, -0.15) is 0 Å². The van der Waals surface area contributed by atoms with E-state index in [0.717, 1.165) is 5.56 Å². The topological polar surface area (TPSA) is 57.6 Å². The van der Waals surface area contributed by atoms with Gasteiger partial charge in [0.05, 0.1) is 0 Å². The lowest BCUT2D eigenvalue weighted by Gasteiger charge is -2.14. The van der Waals surface area contributed by atoms with E-state index < -0.39 is 5.97 Å². The minimum absolute atomic E-state index is 0.213. The monoisotopic (exact) mass is 289 g/mol. The summed E-state index contributed by atoms with van der Waals surface area (Å²) >= 11 is 11.7. The van der Waals surface area contributed by atoms with Crippen LogP contribution in [0, 0.1) is 0 Å². The number of benzene rings is 1. The van der Waals surface area contributed by atoms with Crippen molar-refractivity contribution in [3.63, 3.8) is 0 Å². The van der Waals surface area contributed by atoms with Crippen LogP contribution in [0.5, 0.6) is 0 Å². The molecule has 0 aliphatic heterocycles. The number of carbonyl (C=O) groups is 2. The smallest absolute Gasteiger partial charge is 0.323 e. The highest BCUT2D eigenvalue weighted by Crippen LogP contribution is 2.22. The number of carboxylic acid groups (broad SMARTS) is 1. The maximum absolute atomic E-state index is 11.6. The van der Waals surface area contributed by atoms with Crippen LogP contribution >= 0.6 is 23.2 Å². The largest absolute Gasteiger partial charge is 0.480 e. The van der Waals surface area contributed by atoms with Gasteiger partial charge in [-0.3, -0.25) is 9.59 Å². The quantitative estimate of drug-likeness (QED) is 0.906. The molecule has 1 N–H and O–H groups in total. The number of carbonyl (C=O) groups excluding carboxylic acids is 1. The van der Waals surface area contributed by atoms with Crippen molar-refractivity contribution in [1.29, 1.82) is 0 Å². The van der Waals surface area contributed by atoms with Crippen molar-refractivity contribution in [2.75, 3.05) is 13.6 Å². The number of hydrogen-bond donors (Lipinski definition) is 1. The Kier molecular flexibility index (Phi) is 5.44. The summed E-state index contributed by atoms with van der Waals surface area (Å²) in [7, 11) is 1.46. The van der Waals surface area contributed by atoms with Crippen LogP contribution in [0.1, 0.15) is 12.0 Å². The van der Waals surface area contributed by atoms with E-state index in [1.165, 1.54) is 11.9 Å². The van der Waals surface area contributed by atoms with Crippen LogP contribution in [0.2, 0.25) is 10.0 Å². The molecule has 4 nitrogen and oxygen atoms in total. The molecule has 0 heterocycles. The molecule has 98 valence electrons.